The Bertz CT molecular complexity index is 421. The van der Waals surface area contributed by atoms with Gasteiger partial charge in [0.05, 0.1) is 5.56 Å². The molecular weight excluding hydrogens is 284 g/mol. The molecule has 0 bridgehead atoms. The van der Waals surface area contributed by atoms with Crippen molar-refractivity contribution in [2.45, 2.75) is 19.3 Å². The number of unbranched alkanes of at least 4 members (excludes halogenated alkanes) is 2. The maximum atomic E-state index is 11.6. The minimum absolute atomic E-state index is 0.125. The van der Waals surface area contributed by atoms with Crippen LogP contribution in [-0.2, 0) is 0 Å². The number of carboxylic acid groups (broad SMARTS) is 1. The van der Waals surface area contributed by atoms with Gasteiger partial charge in [-0.1, -0.05) is 6.42 Å². The molecule has 7 heteroatoms. The normalized spacial score (nSPS) is 10.2. The molecule has 1 heterocycles. The van der Waals surface area contributed by atoms with E-state index in [4.69, 9.17) is 5.11 Å². The van der Waals surface area contributed by atoms with Crippen LogP contribution in [-0.4, -0.2) is 35.7 Å². The molecule has 0 radical (unpaired) electrons. The highest BCUT2D eigenvalue weighted by Crippen LogP contribution is 2.22. The van der Waals surface area contributed by atoms with Crippen LogP contribution in [0.3, 0.4) is 0 Å². The van der Waals surface area contributed by atoms with E-state index in [2.05, 4.69) is 16.9 Å². The predicted octanol–water partition coefficient (Wildman–Crippen LogP) is 3.10. The van der Waals surface area contributed by atoms with Gasteiger partial charge in [0.2, 0.25) is 0 Å². The second-order valence-electron chi connectivity index (χ2n) is 3.90. The molecule has 1 aromatic heterocycles. The van der Waals surface area contributed by atoms with Crippen molar-refractivity contribution in [1.29, 1.82) is 0 Å². The summed E-state index contributed by atoms with van der Waals surface area (Å²) in [5.74, 6) is 0.109. The molecule has 0 aliphatic heterocycles. The Balaban J connectivity index is 2.24. The number of thioether (sulfide) groups is 1. The summed E-state index contributed by atoms with van der Waals surface area (Å²) in [6.07, 6.45) is 5.25. The topological polar surface area (TPSA) is 78.4 Å². The van der Waals surface area contributed by atoms with Gasteiger partial charge in [0.1, 0.15) is 5.00 Å². The van der Waals surface area contributed by atoms with Gasteiger partial charge in [-0.15, -0.1) is 11.3 Å². The molecule has 0 saturated carbocycles. The summed E-state index contributed by atoms with van der Waals surface area (Å²) in [5, 5.41) is 16.2. The monoisotopic (exact) mass is 302 g/mol. The Morgan fingerprint density at radius 1 is 1.37 bits per heavy atom. The van der Waals surface area contributed by atoms with Gasteiger partial charge >= 0.3 is 12.0 Å². The summed E-state index contributed by atoms with van der Waals surface area (Å²) < 4.78 is 0. The number of nitrogens with one attached hydrogen (secondary N) is 2. The second kappa shape index (κ2) is 8.82. The zero-order chi connectivity index (χ0) is 14.1. The van der Waals surface area contributed by atoms with E-state index >= 15 is 0 Å². The number of hydrogen-bond donors (Lipinski definition) is 3. The first-order chi connectivity index (χ1) is 9.15. The number of urea groups is 1. The summed E-state index contributed by atoms with van der Waals surface area (Å²) in [7, 11) is 0. The number of rotatable bonds is 8. The number of thiophene rings is 1. The summed E-state index contributed by atoms with van der Waals surface area (Å²) in [6.45, 7) is 0.605. The van der Waals surface area contributed by atoms with Crippen molar-refractivity contribution in [2.75, 3.05) is 23.9 Å². The minimum atomic E-state index is -1.03. The highest BCUT2D eigenvalue weighted by molar-refractivity contribution is 7.98. The van der Waals surface area contributed by atoms with Crippen LogP contribution in [0.2, 0.25) is 0 Å². The minimum Gasteiger partial charge on any atom is -0.478 e. The molecule has 0 fully saturated rings. The lowest BCUT2D eigenvalue weighted by atomic mass is 10.2. The summed E-state index contributed by atoms with van der Waals surface area (Å²) in [4.78, 5) is 22.4. The van der Waals surface area contributed by atoms with E-state index < -0.39 is 5.97 Å². The van der Waals surface area contributed by atoms with Gasteiger partial charge in [-0.05, 0) is 36.3 Å². The summed E-state index contributed by atoms with van der Waals surface area (Å²) >= 11 is 3.02. The maximum absolute atomic E-state index is 11.6. The first kappa shape index (κ1) is 15.8. The van der Waals surface area contributed by atoms with E-state index in [1.807, 2.05) is 11.8 Å². The SMILES string of the molecule is CSCCCCCNC(=O)Nc1sccc1C(=O)O. The number of carbonyl (C=O) groups is 2. The summed E-state index contributed by atoms with van der Waals surface area (Å²) in [5.41, 5.74) is 0.125. The molecule has 1 aromatic rings. The van der Waals surface area contributed by atoms with Crippen LogP contribution < -0.4 is 10.6 Å². The van der Waals surface area contributed by atoms with Gasteiger partial charge in [0, 0.05) is 6.54 Å². The quantitative estimate of drug-likeness (QED) is 0.645. The Kier molecular flexibility index (Phi) is 7.35. The van der Waals surface area contributed by atoms with Crippen LogP contribution in [0.4, 0.5) is 9.80 Å². The Morgan fingerprint density at radius 3 is 2.84 bits per heavy atom. The van der Waals surface area contributed by atoms with Crippen molar-refractivity contribution in [1.82, 2.24) is 5.32 Å². The van der Waals surface area contributed by atoms with Gasteiger partial charge < -0.3 is 10.4 Å². The third-order valence-electron chi connectivity index (χ3n) is 2.43. The number of anilines is 1. The molecule has 0 saturated heterocycles. The number of carbonyl (C=O) groups excluding carboxylic acids is 1. The average molecular weight is 302 g/mol. The molecule has 0 atom stereocenters. The zero-order valence-electron chi connectivity index (χ0n) is 10.8. The van der Waals surface area contributed by atoms with Crippen LogP contribution in [0.25, 0.3) is 0 Å². The predicted molar refractivity (Wildman–Crippen MR) is 80.5 cm³/mol. The van der Waals surface area contributed by atoms with Crippen LogP contribution in [0.5, 0.6) is 0 Å². The molecule has 0 unspecified atom stereocenters. The maximum Gasteiger partial charge on any atom is 0.338 e. The lowest BCUT2D eigenvalue weighted by Crippen LogP contribution is -2.29. The molecule has 2 amide bonds. The molecule has 19 heavy (non-hydrogen) atoms. The summed E-state index contributed by atoms with van der Waals surface area (Å²) in [6, 6.07) is 1.13. The molecule has 0 aliphatic rings. The average Bonchev–Trinajstić information content (AvgIpc) is 2.81. The molecule has 0 aliphatic carbocycles. The first-order valence-electron chi connectivity index (χ1n) is 5.99. The number of carboxylic acids is 1. The smallest absolute Gasteiger partial charge is 0.338 e. The van der Waals surface area contributed by atoms with Crippen molar-refractivity contribution in [2.24, 2.45) is 0 Å². The number of amides is 2. The van der Waals surface area contributed by atoms with Gasteiger partial charge in [-0.3, -0.25) is 5.32 Å². The third-order valence-corrected chi connectivity index (χ3v) is 3.96. The molecule has 0 spiro atoms. The highest BCUT2D eigenvalue weighted by Gasteiger charge is 2.13. The Morgan fingerprint density at radius 2 is 2.16 bits per heavy atom. The Hall–Kier alpha value is -1.21. The molecule has 1 rings (SSSR count). The van der Waals surface area contributed by atoms with Crippen LogP contribution in [0.1, 0.15) is 29.6 Å². The van der Waals surface area contributed by atoms with Crippen molar-refractivity contribution >= 4 is 40.1 Å². The molecular formula is C12H18N2O3S2. The van der Waals surface area contributed by atoms with E-state index in [0.29, 0.717) is 11.5 Å². The van der Waals surface area contributed by atoms with Crippen molar-refractivity contribution in [3.05, 3.63) is 17.0 Å². The van der Waals surface area contributed by atoms with Gasteiger partial charge in [0.25, 0.3) is 0 Å². The second-order valence-corrected chi connectivity index (χ2v) is 5.80. The highest BCUT2D eigenvalue weighted by atomic mass is 32.2. The fourth-order valence-corrected chi connectivity index (χ4v) is 2.74. The van der Waals surface area contributed by atoms with Crippen LogP contribution >= 0.6 is 23.1 Å². The van der Waals surface area contributed by atoms with E-state index in [1.54, 1.807) is 5.38 Å². The fraction of sp³-hybridized carbons (Fsp3) is 0.500. The zero-order valence-corrected chi connectivity index (χ0v) is 12.4. The largest absolute Gasteiger partial charge is 0.478 e. The number of hydrogen-bond acceptors (Lipinski definition) is 4. The van der Waals surface area contributed by atoms with E-state index in [1.165, 1.54) is 17.4 Å². The van der Waals surface area contributed by atoms with Gasteiger partial charge in [-0.25, -0.2) is 9.59 Å². The van der Waals surface area contributed by atoms with Crippen molar-refractivity contribution in [3.8, 4) is 0 Å². The fourth-order valence-electron chi connectivity index (χ4n) is 1.47. The van der Waals surface area contributed by atoms with Crippen LogP contribution in [0, 0.1) is 0 Å². The van der Waals surface area contributed by atoms with Gasteiger partial charge in [-0.2, -0.15) is 11.8 Å². The molecule has 5 nitrogen and oxygen atoms in total. The van der Waals surface area contributed by atoms with Crippen molar-refractivity contribution in [3.63, 3.8) is 0 Å². The molecule has 3 N–H and O–H groups in total. The standard InChI is InChI=1S/C12H18N2O3S2/c1-18-7-4-2-3-6-13-12(17)14-10-9(11(15)16)5-8-19-10/h5,8H,2-4,6-7H2,1H3,(H,15,16)(H2,13,14,17). The lowest BCUT2D eigenvalue weighted by Gasteiger charge is -2.06. The third kappa shape index (κ3) is 5.98. The van der Waals surface area contributed by atoms with Crippen LogP contribution in [0.15, 0.2) is 11.4 Å². The number of aromatic carboxylic acids is 1. The Labute approximate surface area is 120 Å². The van der Waals surface area contributed by atoms with E-state index in [-0.39, 0.29) is 11.6 Å². The molecule has 106 valence electrons. The van der Waals surface area contributed by atoms with Gasteiger partial charge in [0.15, 0.2) is 0 Å². The van der Waals surface area contributed by atoms with Crippen molar-refractivity contribution < 1.29 is 14.7 Å². The van der Waals surface area contributed by atoms with E-state index in [0.717, 1.165) is 25.0 Å². The molecule has 0 aromatic carbocycles. The lowest BCUT2D eigenvalue weighted by molar-refractivity contribution is 0.0698. The van der Waals surface area contributed by atoms with E-state index in [9.17, 15) is 9.59 Å². The first-order valence-corrected chi connectivity index (χ1v) is 8.27.